The third kappa shape index (κ3) is 5.00. The summed E-state index contributed by atoms with van der Waals surface area (Å²) in [6.45, 7) is 2.05. The Balaban J connectivity index is 1.68. The average molecular weight is 478 g/mol. The number of ether oxygens (including phenoxy) is 2. The van der Waals surface area contributed by atoms with E-state index in [0.29, 0.717) is 17.0 Å². The Morgan fingerprint density at radius 3 is 2.63 bits per heavy atom. The predicted molar refractivity (Wildman–Crippen MR) is 109 cm³/mol. The molecule has 2 aromatic rings. The van der Waals surface area contributed by atoms with Crippen LogP contribution < -0.4 is 15.4 Å². The number of carbonyl (C=O) groups is 2. The van der Waals surface area contributed by atoms with E-state index in [9.17, 15) is 9.59 Å². The third-order valence-electron chi connectivity index (χ3n) is 4.00. The van der Waals surface area contributed by atoms with E-state index in [4.69, 9.17) is 9.47 Å². The van der Waals surface area contributed by atoms with Gasteiger partial charge in [-0.3, -0.25) is 0 Å². The van der Waals surface area contributed by atoms with Gasteiger partial charge < -0.3 is 20.1 Å². The van der Waals surface area contributed by atoms with Gasteiger partial charge >= 0.3 is 12.0 Å². The molecule has 0 saturated heterocycles. The lowest BCUT2D eigenvalue weighted by Crippen LogP contribution is -2.45. The maximum atomic E-state index is 12.7. The molecule has 0 unspecified atom stereocenters. The molecule has 0 aromatic heterocycles. The number of nitrogens with one attached hydrogen (secondary N) is 2. The van der Waals surface area contributed by atoms with Gasteiger partial charge in [-0.2, -0.15) is 0 Å². The molecule has 1 heterocycles. The van der Waals surface area contributed by atoms with Gasteiger partial charge in [0.15, 0.2) is 0 Å². The minimum Gasteiger partial charge on any atom is -0.490 e. The minimum absolute atomic E-state index is 0.109. The molecule has 0 bridgehead atoms. The number of allylic oxidation sites excluding steroid dienone is 1. The highest BCUT2D eigenvalue weighted by atomic mass is 127. The zero-order valence-corrected chi connectivity index (χ0v) is 16.9. The summed E-state index contributed by atoms with van der Waals surface area (Å²) in [5, 5.41) is 5.43. The van der Waals surface area contributed by atoms with Crippen LogP contribution in [0, 0.1) is 3.57 Å². The van der Waals surface area contributed by atoms with Crippen LogP contribution in [0.1, 0.15) is 18.5 Å². The molecule has 2 aromatic carbocycles. The number of para-hydroxylation sites is 1. The van der Waals surface area contributed by atoms with Crippen LogP contribution in [0.5, 0.6) is 5.75 Å². The van der Waals surface area contributed by atoms with Gasteiger partial charge in [0, 0.05) is 9.27 Å². The molecular formula is C20H19IN2O4. The van der Waals surface area contributed by atoms with Crippen LogP contribution in [0.15, 0.2) is 65.9 Å². The zero-order valence-electron chi connectivity index (χ0n) is 14.7. The number of urea groups is 1. The lowest BCUT2D eigenvalue weighted by molar-refractivity contribution is -0.140. The van der Waals surface area contributed by atoms with Gasteiger partial charge in [-0.1, -0.05) is 30.3 Å². The number of esters is 1. The summed E-state index contributed by atoms with van der Waals surface area (Å²) in [6, 6.07) is 16.0. The lowest BCUT2D eigenvalue weighted by atomic mass is 9.96. The van der Waals surface area contributed by atoms with E-state index in [2.05, 4.69) is 33.2 Å². The molecule has 0 spiro atoms. The SMILES string of the molecule is CC1=C(C(=O)OCCOc2ccccc2)[C@@H](c2cccc(I)c2)NC(=O)N1. The fourth-order valence-corrected chi connectivity index (χ4v) is 3.36. The fraction of sp³-hybridized carbons (Fsp3) is 0.200. The molecule has 140 valence electrons. The predicted octanol–water partition coefficient (Wildman–Crippen LogP) is 3.54. The molecular weight excluding hydrogens is 459 g/mol. The second-order valence-electron chi connectivity index (χ2n) is 5.92. The van der Waals surface area contributed by atoms with Crippen molar-refractivity contribution in [2.24, 2.45) is 0 Å². The molecule has 0 radical (unpaired) electrons. The molecule has 7 heteroatoms. The summed E-state index contributed by atoms with van der Waals surface area (Å²) in [4.78, 5) is 24.6. The Morgan fingerprint density at radius 1 is 1.11 bits per heavy atom. The topological polar surface area (TPSA) is 76.7 Å². The summed E-state index contributed by atoms with van der Waals surface area (Å²) in [6.07, 6.45) is 0. The van der Waals surface area contributed by atoms with Crippen molar-refractivity contribution in [2.75, 3.05) is 13.2 Å². The van der Waals surface area contributed by atoms with E-state index in [1.807, 2.05) is 54.6 Å². The Hall–Kier alpha value is -2.55. The Morgan fingerprint density at radius 2 is 1.89 bits per heavy atom. The number of halogens is 1. The van der Waals surface area contributed by atoms with Crippen molar-refractivity contribution in [1.29, 1.82) is 0 Å². The summed E-state index contributed by atoms with van der Waals surface area (Å²) >= 11 is 2.19. The molecule has 2 amide bonds. The van der Waals surface area contributed by atoms with Crippen LogP contribution in [0.4, 0.5) is 4.79 Å². The molecule has 0 saturated carbocycles. The third-order valence-corrected chi connectivity index (χ3v) is 4.67. The van der Waals surface area contributed by atoms with E-state index < -0.39 is 12.0 Å². The maximum absolute atomic E-state index is 12.7. The van der Waals surface area contributed by atoms with E-state index in [-0.39, 0.29) is 19.2 Å². The molecule has 27 heavy (non-hydrogen) atoms. The smallest absolute Gasteiger partial charge is 0.338 e. The van der Waals surface area contributed by atoms with Crippen molar-refractivity contribution in [3.05, 3.63) is 75.0 Å². The van der Waals surface area contributed by atoms with Crippen molar-refractivity contribution in [2.45, 2.75) is 13.0 Å². The monoisotopic (exact) mass is 478 g/mol. The van der Waals surface area contributed by atoms with Crippen LogP contribution in [0.25, 0.3) is 0 Å². The number of hydrogen-bond acceptors (Lipinski definition) is 4. The molecule has 1 atom stereocenters. The summed E-state index contributed by atoms with van der Waals surface area (Å²) in [5.41, 5.74) is 1.69. The molecule has 3 rings (SSSR count). The highest BCUT2D eigenvalue weighted by Gasteiger charge is 2.32. The zero-order chi connectivity index (χ0) is 19.2. The van der Waals surface area contributed by atoms with E-state index in [1.165, 1.54) is 0 Å². The molecule has 0 aliphatic carbocycles. The van der Waals surface area contributed by atoms with E-state index in [0.717, 1.165) is 9.13 Å². The molecule has 1 aliphatic rings. The number of carbonyl (C=O) groups excluding carboxylic acids is 2. The van der Waals surface area contributed by atoms with E-state index >= 15 is 0 Å². The second-order valence-corrected chi connectivity index (χ2v) is 7.17. The van der Waals surface area contributed by atoms with Crippen LogP contribution in [0.2, 0.25) is 0 Å². The average Bonchev–Trinajstić information content (AvgIpc) is 2.65. The lowest BCUT2D eigenvalue weighted by Gasteiger charge is -2.28. The van der Waals surface area contributed by atoms with Crippen molar-refractivity contribution in [3.8, 4) is 5.75 Å². The van der Waals surface area contributed by atoms with Crippen LogP contribution in [0.3, 0.4) is 0 Å². The Kier molecular flexibility index (Phi) is 6.33. The standard InChI is InChI=1S/C20H19IN2O4/c1-13-17(19(24)27-11-10-26-16-8-3-2-4-9-16)18(23-20(25)22-13)14-6-5-7-15(21)12-14/h2-9,12,18H,10-11H2,1H3,(H2,22,23,25)/t18-/m1/s1. The van der Waals surface area contributed by atoms with Crippen molar-refractivity contribution >= 4 is 34.6 Å². The Labute approximate surface area is 171 Å². The summed E-state index contributed by atoms with van der Waals surface area (Å²) in [5.74, 6) is 0.229. The minimum atomic E-state index is -0.559. The van der Waals surface area contributed by atoms with Gasteiger partial charge in [0.25, 0.3) is 0 Å². The largest absolute Gasteiger partial charge is 0.490 e. The van der Waals surface area contributed by atoms with Gasteiger partial charge in [0.2, 0.25) is 0 Å². The Bertz CT molecular complexity index is 867. The molecule has 2 N–H and O–H groups in total. The van der Waals surface area contributed by atoms with Gasteiger partial charge in [-0.05, 0) is 59.3 Å². The van der Waals surface area contributed by atoms with Crippen LogP contribution >= 0.6 is 22.6 Å². The number of amides is 2. The first kappa shape index (κ1) is 19.2. The fourth-order valence-electron chi connectivity index (χ4n) is 2.79. The first-order valence-corrected chi connectivity index (χ1v) is 9.51. The van der Waals surface area contributed by atoms with Crippen molar-refractivity contribution < 1.29 is 19.1 Å². The highest BCUT2D eigenvalue weighted by molar-refractivity contribution is 14.1. The normalized spacial score (nSPS) is 16.4. The number of benzene rings is 2. The number of hydrogen-bond donors (Lipinski definition) is 2. The first-order valence-electron chi connectivity index (χ1n) is 8.43. The van der Waals surface area contributed by atoms with Crippen LogP contribution in [-0.4, -0.2) is 25.2 Å². The van der Waals surface area contributed by atoms with Gasteiger partial charge in [-0.15, -0.1) is 0 Å². The molecule has 1 aliphatic heterocycles. The highest BCUT2D eigenvalue weighted by Crippen LogP contribution is 2.28. The summed E-state index contributed by atoms with van der Waals surface area (Å²) in [7, 11) is 0. The summed E-state index contributed by atoms with van der Waals surface area (Å²) < 4.78 is 11.9. The molecule has 6 nitrogen and oxygen atoms in total. The van der Waals surface area contributed by atoms with Gasteiger partial charge in [0.1, 0.15) is 19.0 Å². The van der Waals surface area contributed by atoms with E-state index in [1.54, 1.807) is 6.92 Å². The first-order chi connectivity index (χ1) is 13.0. The van der Waals surface area contributed by atoms with Gasteiger partial charge in [-0.25, -0.2) is 9.59 Å². The van der Waals surface area contributed by atoms with Gasteiger partial charge in [0.05, 0.1) is 11.6 Å². The van der Waals surface area contributed by atoms with Crippen molar-refractivity contribution in [1.82, 2.24) is 10.6 Å². The molecule has 0 fully saturated rings. The maximum Gasteiger partial charge on any atom is 0.338 e. The quantitative estimate of drug-likeness (QED) is 0.379. The second kappa shape index (κ2) is 8.90. The number of rotatable bonds is 6. The van der Waals surface area contributed by atoms with Crippen molar-refractivity contribution in [3.63, 3.8) is 0 Å². The van der Waals surface area contributed by atoms with Crippen LogP contribution in [-0.2, 0) is 9.53 Å².